The predicted octanol–water partition coefficient (Wildman–Crippen LogP) is 7.22. The van der Waals surface area contributed by atoms with Gasteiger partial charge in [0.1, 0.15) is 11.9 Å². The van der Waals surface area contributed by atoms with Gasteiger partial charge in [-0.15, -0.1) is 0 Å². The molecule has 0 aliphatic rings. The summed E-state index contributed by atoms with van der Waals surface area (Å²) in [5.41, 5.74) is 3.80. The van der Waals surface area contributed by atoms with Crippen molar-refractivity contribution in [1.29, 1.82) is 0 Å². The highest BCUT2D eigenvalue weighted by molar-refractivity contribution is 6.31. The van der Waals surface area contributed by atoms with E-state index in [9.17, 15) is 14.0 Å². The van der Waals surface area contributed by atoms with Crippen molar-refractivity contribution in [3.8, 4) is 11.1 Å². The first-order valence-corrected chi connectivity index (χ1v) is 11.9. The summed E-state index contributed by atoms with van der Waals surface area (Å²) in [4.78, 5) is 24.9. The van der Waals surface area contributed by atoms with E-state index < -0.39 is 23.7 Å². The molecule has 0 radical (unpaired) electrons. The molecule has 3 rings (SSSR count). The van der Waals surface area contributed by atoms with Gasteiger partial charge in [-0.3, -0.25) is 4.79 Å². The highest BCUT2D eigenvalue weighted by Gasteiger charge is 2.23. The van der Waals surface area contributed by atoms with Crippen molar-refractivity contribution in [2.24, 2.45) is 0 Å². The van der Waals surface area contributed by atoms with Gasteiger partial charge in [0, 0.05) is 28.9 Å². The van der Waals surface area contributed by atoms with E-state index in [1.165, 1.54) is 14.0 Å². The van der Waals surface area contributed by atoms with Gasteiger partial charge in [-0.1, -0.05) is 54.4 Å². The van der Waals surface area contributed by atoms with Gasteiger partial charge in [0.05, 0.1) is 11.1 Å². The quantitative estimate of drug-likeness (QED) is 0.331. The molecule has 2 N–H and O–H groups in total. The van der Waals surface area contributed by atoms with Crippen LogP contribution in [0.15, 0.2) is 54.6 Å². The van der Waals surface area contributed by atoms with Crippen molar-refractivity contribution in [3.05, 3.63) is 87.2 Å². The zero-order valence-electron chi connectivity index (χ0n) is 19.9. The number of rotatable bonds is 8. The third-order valence-corrected chi connectivity index (χ3v) is 6.76. The Balaban J connectivity index is 1.89. The summed E-state index contributed by atoms with van der Waals surface area (Å²) in [5.74, 6) is -2.11. The Kier molecular flexibility index (Phi) is 8.41. The lowest BCUT2D eigenvalue weighted by Crippen LogP contribution is -2.40. The second kappa shape index (κ2) is 11.1. The first-order chi connectivity index (χ1) is 16.5. The van der Waals surface area contributed by atoms with E-state index in [-0.39, 0.29) is 16.6 Å². The van der Waals surface area contributed by atoms with Crippen LogP contribution in [-0.2, 0) is 4.79 Å². The van der Waals surface area contributed by atoms with Crippen LogP contribution in [-0.4, -0.2) is 35.0 Å². The van der Waals surface area contributed by atoms with Crippen molar-refractivity contribution in [2.75, 3.05) is 12.4 Å². The fraction of sp³-hybridized carbons (Fsp3) is 0.259. The molecule has 3 aromatic carbocycles. The van der Waals surface area contributed by atoms with Crippen LogP contribution >= 0.6 is 23.2 Å². The average Bonchev–Trinajstić information content (AvgIpc) is 2.84. The molecule has 0 fully saturated rings. The number of carbonyl (C=O) groups excluding carboxylic acids is 1. The van der Waals surface area contributed by atoms with E-state index >= 15 is 0 Å². The molecule has 1 unspecified atom stereocenters. The SMILES string of the molecule is CCC(Nc1cc(Cl)c(F)c(-c2ccc(C(=O)N(C)[C@@H](C)C(=O)O)cc2)c1)c1ccc(Cl)c(C)c1. The molecular formula is C27H27Cl2FN2O3. The first kappa shape index (κ1) is 26.5. The third-order valence-electron chi connectivity index (χ3n) is 6.06. The second-order valence-electron chi connectivity index (χ2n) is 8.44. The first-order valence-electron chi connectivity index (χ1n) is 11.2. The normalized spacial score (nSPS) is 12.7. The molecule has 0 bridgehead atoms. The maximum Gasteiger partial charge on any atom is 0.326 e. The average molecular weight is 517 g/mol. The lowest BCUT2D eigenvalue weighted by molar-refractivity contribution is -0.141. The molecule has 2 atom stereocenters. The fourth-order valence-corrected chi connectivity index (χ4v) is 4.06. The number of carboxylic acid groups (broad SMARTS) is 1. The van der Waals surface area contributed by atoms with Crippen LogP contribution in [0.25, 0.3) is 11.1 Å². The van der Waals surface area contributed by atoms with Crippen LogP contribution in [0.2, 0.25) is 10.0 Å². The number of amides is 1. The van der Waals surface area contributed by atoms with E-state index in [2.05, 4.69) is 5.32 Å². The summed E-state index contributed by atoms with van der Waals surface area (Å²) >= 11 is 12.4. The third kappa shape index (κ3) is 5.95. The van der Waals surface area contributed by atoms with Crippen LogP contribution in [0, 0.1) is 12.7 Å². The summed E-state index contributed by atoms with van der Waals surface area (Å²) in [6.07, 6.45) is 0.782. The monoisotopic (exact) mass is 516 g/mol. The van der Waals surface area contributed by atoms with Gasteiger partial charge in [0.15, 0.2) is 0 Å². The number of likely N-dealkylation sites (N-methyl/N-ethyl adjacent to an activating group) is 1. The van der Waals surface area contributed by atoms with E-state index in [4.69, 9.17) is 28.3 Å². The van der Waals surface area contributed by atoms with Crippen molar-refractivity contribution in [3.63, 3.8) is 0 Å². The number of carbonyl (C=O) groups is 2. The zero-order chi connectivity index (χ0) is 25.9. The summed E-state index contributed by atoms with van der Waals surface area (Å²) < 4.78 is 15.0. The summed E-state index contributed by atoms with van der Waals surface area (Å²) in [6, 6.07) is 14.4. The largest absolute Gasteiger partial charge is 0.480 e. The Morgan fingerprint density at radius 1 is 1.06 bits per heavy atom. The highest BCUT2D eigenvalue weighted by atomic mass is 35.5. The van der Waals surface area contributed by atoms with Gasteiger partial charge in [0.25, 0.3) is 5.91 Å². The Morgan fingerprint density at radius 3 is 2.29 bits per heavy atom. The number of benzene rings is 3. The Hall–Kier alpha value is -3.09. The number of hydrogen-bond donors (Lipinski definition) is 2. The minimum atomic E-state index is -1.10. The standard InChI is InChI=1S/C27H27Cl2FN2O3/c1-5-24(19-10-11-22(28)15(2)12-19)31-20-13-21(25(30)23(29)14-20)17-6-8-18(9-7-17)26(33)32(4)16(3)27(34)35/h6-14,16,24,31H,5H2,1-4H3,(H,34,35)/t16-,24?/m0/s1. The van der Waals surface area contributed by atoms with E-state index in [0.29, 0.717) is 21.8 Å². The molecule has 0 aromatic heterocycles. The van der Waals surface area contributed by atoms with E-state index in [1.807, 2.05) is 32.0 Å². The highest BCUT2D eigenvalue weighted by Crippen LogP contribution is 2.34. The number of hydrogen-bond acceptors (Lipinski definition) is 3. The minimum absolute atomic E-state index is 0.0256. The van der Waals surface area contributed by atoms with E-state index in [0.717, 1.165) is 22.4 Å². The number of nitrogens with one attached hydrogen (secondary N) is 1. The molecule has 0 aliphatic heterocycles. The number of anilines is 1. The fourth-order valence-electron chi connectivity index (χ4n) is 3.73. The molecule has 0 saturated heterocycles. The number of halogens is 3. The number of aryl methyl sites for hydroxylation is 1. The lowest BCUT2D eigenvalue weighted by Gasteiger charge is -2.22. The van der Waals surface area contributed by atoms with Gasteiger partial charge in [-0.2, -0.15) is 0 Å². The molecule has 3 aromatic rings. The molecular weight excluding hydrogens is 490 g/mol. The molecule has 184 valence electrons. The molecule has 0 aliphatic carbocycles. The number of carboxylic acids is 1. The Morgan fingerprint density at radius 2 is 1.71 bits per heavy atom. The minimum Gasteiger partial charge on any atom is -0.480 e. The van der Waals surface area contributed by atoms with Gasteiger partial charge in [-0.25, -0.2) is 9.18 Å². The van der Waals surface area contributed by atoms with Crippen molar-refractivity contribution < 1.29 is 19.1 Å². The molecule has 0 spiro atoms. The summed E-state index contributed by atoms with van der Waals surface area (Å²) in [6.45, 7) is 5.42. The summed E-state index contributed by atoms with van der Waals surface area (Å²) in [5, 5.41) is 13.2. The molecule has 1 amide bonds. The maximum absolute atomic E-state index is 15.0. The van der Waals surface area contributed by atoms with Crippen LogP contribution in [0.5, 0.6) is 0 Å². The molecule has 8 heteroatoms. The zero-order valence-corrected chi connectivity index (χ0v) is 21.4. The van der Waals surface area contributed by atoms with Crippen LogP contribution in [0.1, 0.15) is 47.8 Å². The van der Waals surface area contributed by atoms with E-state index in [1.54, 1.807) is 36.4 Å². The van der Waals surface area contributed by atoms with Crippen molar-refractivity contribution >= 4 is 40.8 Å². The Labute approximate surface area is 214 Å². The summed E-state index contributed by atoms with van der Waals surface area (Å²) in [7, 11) is 1.43. The Bertz CT molecular complexity index is 1250. The second-order valence-corrected chi connectivity index (χ2v) is 9.26. The van der Waals surface area contributed by atoms with Crippen molar-refractivity contribution in [1.82, 2.24) is 4.90 Å². The van der Waals surface area contributed by atoms with Gasteiger partial charge in [0.2, 0.25) is 0 Å². The number of nitrogens with zero attached hydrogens (tertiary/aromatic N) is 1. The van der Waals surface area contributed by atoms with Crippen LogP contribution < -0.4 is 5.32 Å². The van der Waals surface area contributed by atoms with Gasteiger partial charge >= 0.3 is 5.97 Å². The molecule has 0 heterocycles. The smallest absolute Gasteiger partial charge is 0.326 e. The topological polar surface area (TPSA) is 69.6 Å². The van der Waals surface area contributed by atoms with Crippen LogP contribution in [0.4, 0.5) is 10.1 Å². The van der Waals surface area contributed by atoms with Crippen molar-refractivity contribution in [2.45, 2.75) is 39.3 Å². The predicted molar refractivity (Wildman–Crippen MR) is 139 cm³/mol. The van der Waals surface area contributed by atoms with Crippen LogP contribution in [0.3, 0.4) is 0 Å². The molecule has 35 heavy (non-hydrogen) atoms. The maximum atomic E-state index is 15.0. The van der Waals surface area contributed by atoms with Gasteiger partial charge < -0.3 is 15.3 Å². The lowest BCUT2D eigenvalue weighted by atomic mass is 10.00. The molecule has 0 saturated carbocycles. The number of aliphatic carboxylic acids is 1. The molecule has 5 nitrogen and oxygen atoms in total. The van der Waals surface area contributed by atoms with Gasteiger partial charge in [-0.05, 0) is 67.3 Å².